The number of aryl methyl sites for hydroxylation is 2. The highest BCUT2D eigenvalue weighted by Crippen LogP contribution is 2.26. The zero-order chi connectivity index (χ0) is 28.6. The Hall–Kier alpha value is -3.17. The number of nitrogens with one attached hydrogen (secondary N) is 1. The molecule has 0 spiro atoms. The number of halogens is 1. The van der Waals surface area contributed by atoms with E-state index in [0.29, 0.717) is 18.7 Å². The van der Waals surface area contributed by atoms with E-state index >= 15 is 0 Å². The lowest BCUT2D eigenvalue weighted by Gasteiger charge is -2.33. The van der Waals surface area contributed by atoms with Crippen molar-refractivity contribution in [1.82, 2.24) is 10.2 Å². The lowest BCUT2D eigenvalue weighted by atomic mass is 10.1. The maximum Gasteiger partial charge on any atom is 0.264 e. The van der Waals surface area contributed by atoms with Crippen LogP contribution in [0.3, 0.4) is 0 Å². The minimum Gasteiger partial charge on any atom is -0.354 e. The summed E-state index contributed by atoms with van der Waals surface area (Å²) in [6, 6.07) is 20.3. The predicted molar refractivity (Wildman–Crippen MR) is 159 cm³/mol. The first-order chi connectivity index (χ1) is 18.6. The quantitative estimate of drug-likeness (QED) is 0.288. The highest BCUT2D eigenvalue weighted by atomic mass is 79.9. The van der Waals surface area contributed by atoms with Crippen molar-refractivity contribution in [1.29, 1.82) is 0 Å². The Bertz CT molecular complexity index is 1380. The van der Waals surface area contributed by atoms with Crippen LogP contribution in [0.1, 0.15) is 43.4 Å². The van der Waals surface area contributed by atoms with Crippen LogP contribution in [0, 0.1) is 13.8 Å². The molecule has 0 heterocycles. The van der Waals surface area contributed by atoms with Crippen LogP contribution in [-0.4, -0.2) is 44.3 Å². The molecule has 3 rings (SSSR count). The number of hydrogen-bond acceptors (Lipinski definition) is 4. The summed E-state index contributed by atoms with van der Waals surface area (Å²) in [5, 5.41) is 2.90. The summed E-state index contributed by atoms with van der Waals surface area (Å²) in [6.07, 6.45) is 1.15. The fourth-order valence-corrected chi connectivity index (χ4v) is 5.94. The van der Waals surface area contributed by atoms with Crippen molar-refractivity contribution >= 4 is 43.5 Å². The van der Waals surface area contributed by atoms with Gasteiger partial charge in [0.1, 0.15) is 12.6 Å². The number of hydrogen-bond donors (Lipinski definition) is 1. The Morgan fingerprint density at radius 1 is 0.923 bits per heavy atom. The zero-order valence-corrected chi connectivity index (χ0v) is 25.3. The number of benzene rings is 3. The van der Waals surface area contributed by atoms with Crippen LogP contribution >= 0.6 is 15.9 Å². The van der Waals surface area contributed by atoms with E-state index in [1.54, 1.807) is 48.5 Å². The number of anilines is 1. The van der Waals surface area contributed by atoms with Gasteiger partial charge in [-0.3, -0.25) is 13.9 Å². The Kier molecular flexibility index (Phi) is 10.7. The van der Waals surface area contributed by atoms with Crippen LogP contribution in [0.15, 0.2) is 82.2 Å². The van der Waals surface area contributed by atoms with E-state index in [2.05, 4.69) is 21.2 Å². The number of rotatable bonds is 12. The molecule has 0 aliphatic carbocycles. The molecule has 2 amide bonds. The first kappa shape index (κ1) is 30.4. The van der Waals surface area contributed by atoms with Crippen LogP contribution < -0.4 is 9.62 Å². The SMILES string of the molecule is CCCNC(=O)C(CC)N(Cc1cccc(C)c1)C(=O)CN(c1ccc(Br)cc1)S(=O)(=O)c1ccc(C)cc1. The number of carbonyl (C=O) groups is 2. The van der Waals surface area contributed by atoms with Crippen LogP contribution in [0.5, 0.6) is 0 Å². The van der Waals surface area contributed by atoms with Gasteiger partial charge < -0.3 is 10.2 Å². The smallest absolute Gasteiger partial charge is 0.264 e. The van der Waals surface area contributed by atoms with E-state index < -0.39 is 28.5 Å². The average molecular weight is 615 g/mol. The van der Waals surface area contributed by atoms with E-state index in [1.165, 1.54) is 4.90 Å². The summed E-state index contributed by atoms with van der Waals surface area (Å²) < 4.78 is 29.6. The molecule has 0 aliphatic heterocycles. The third-order valence-electron chi connectivity index (χ3n) is 6.37. The molecule has 1 atom stereocenters. The van der Waals surface area contributed by atoms with Crippen molar-refractivity contribution in [3.63, 3.8) is 0 Å². The van der Waals surface area contributed by atoms with Gasteiger partial charge in [0.05, 0.1) is 10.6 Å². The second-order valence-corrected chi connectivity index (χ2v) is 12.3. The Balaban J connectivity index is 2.04. The van der Waals surface area contributed by atoms with Gasteiger partial charge in [0.25, 0.3) is 10.0 Å². The molecule has 0 fully saturated rings. The van der Waals surface area contributed by atoms with E-state index in [1.807, 2.05) is 52.0 Å². The van der Waals surface area contributed by atoms with Gasteiger partial charge in [-0.1, -0.05) is 77.3 Å². The van der Waals surface area contributed by atoms with Crippen molar-refractivity contribution in [2.24, 2.45) is 0 Å². The van der Waals surface area contributed by atoms with E-state index in [0.717, 1.165) is 31.9 Å². The van der Waals surface area contributed by atoms with Crippen molar-refractivity contribution < 1.29 is 18.0 Å². The van der Waals surface area contributed by atoms with Crippen LogP contribution in [0.4, 0.5) is 5.69 Å². The standard InChI is InChI=1S/C30H36BrN3O4S/c1-5-18-32-30(36)28(6-2)33(20-24-9-7-8-23(4)19-24)29(35)21-34(26-14-12-25(31)13-15-26)39(37,38)27-16-10-22(3)11-17-27/h7-17,19,28H,5-6,18,20-21H2,1-4H3,(H,32,36). The highest BCUT2D eigenvalue weighted by Gasteiger charge is 2.33. The second-order valence-electron chi connectivity index (χ2n) is 9.53. The maximum atomic E-state index is 14.0. The molecule has 0 saturated carbocycles. The van der Waals surface area contributed by atoms with Crippen molar-refractivity contribution in [2.45, 2.75) is 58.0 Å². The average Bonchev–Trinajstić information content (AvgIpc) is 2.91. The molecule has 0 aromatic heterocycles. The van der Waals surface area contributed by atoms with Gasteiger partial charge in [0.15, 0.2) is 0 Å². The second kappa shape index (κ2) is 13.8. The molecular weight excluding hydrogens is 578 g/mol. The molecule has 0 saturated heterocycles. The molecule has 3 aromatic carbocycles. The highest BCUT2D eigenvalue weighted by molar-refractivity contribution is 9.10. The summed E-state index contributed by atoms with van der Waals surface area (Å²) in [4.78, 5) is 28.7. The van der Waals surface area contributed by atoms with Crippen LogP contribution in [0.2, 0.25) is 0 Å². The number of carbonyl (C=O) groups excluding carboxylic acids is 2. The molecular formula is C30H36BrN3O4S. The molecule has 3 aromatic rings. The fraction of sp³-hybridized carbons (Fsp3) is 0.333. The fourth-order valence-electron chi connectivity index (χ4n) is 4.27. The van der Waals surface area contributed by atoms with Gasteiger partial charge in [-0.2, -0.15) is 0 Å². The van der Waals surface area contributed by atoms with Gasteiger partial charge in [-0.25, -0.2) is 8.42 Å². The molecule has 1 unspecified atom stereocenters. The molecule has 7 nitrogen and oxygen atoms in total. The first-order valence-corrected chi connectivity index (χ1v) is 15.3. The van der Waals surface area contributed by atoms with E-state index in [9.17, 15) is 18.0 Å². The van der Waals surface area contributed by atoms with Crippen molar-refractivity contribution in [3.8, 4) is 0 Å². The maximum absolute atomic E-state index is 14.0. The Labute approximate surface area is 240 Å². The Morgan fingerprint density at radius 3 is 2.18 bits per heavy atom. The summed E-state index contributed by atoms with van der Waals surface area (Å²) in [7, 11) is -4.09. The normalized spacial score (nSPS) is 12.0. The minimum absolute atomic E-state index is 0.0850. The third-order valence-corrected chi connectivity index (χ3v) is 8.69. The minimum atomic E-state index is -4.09. The first-order valence-electron chi connectivity index (χ1n) is 13.0. The molecule has 39 heavy (non-hydrogen) atoms. The zero-order valence-electron chi connectivity index (χ0n) is 22.9. The third kappa shape index (κ3) is 7.92. The topological polar surface area (TPSA) is 86.8 Å². The van der Waals surface area contributed by atoms with Gasteiger partial charge in [-0.15, -0.1) is 0 Å². The van der Waals surface area contributed by atoms with E-state index in [-0.39, 0.29) is 17.3 Å². The van der Waals surface area contributed by atoms with Crippen molar-refractivity contribution in [3.05, 3.63) is 94.0 Å². The summed E-state index contributed by atoms with van der Waals surface area (Å²) in [6.45, 7) is 7.87. The molecule has 0 aliphatic rings. The summed E-state index contributed by atoms with van der Waals surface area (Å²) >= 11 is 3.39. The Morgan fingerprint density at radius 2 is 1.59 bits per heavy atom. The van der Waals surface area contributed by atoms with Gasteiger partial charge >= 0.3 is 0 Å². The monoisotopic (exact) mass is 613 g/mol. The molecule has 0 bridgehead atoms. The van der Waals surface area contributed by atoms with Gasteiger partial charge in [0, 0.05) is 17.6 Å². The molecule has 208 valence electrons. The molecule has 9 heteroatoms. The number of amides is 2. The van der Waals surface area contributed by atoms with Gasteiger partial charge in [0.2, 0.25) is 11.8 Å². The molecule has 0 radical (unpaired) electrons. The van der Waals surface area contributed by atoms with Crippen molar-refractivity contribution in [2.75, 3.05) is 17.4 Å². The number of nitrogens with zero attached hydrogens (tertiary/aromatic N) is 2. The summed E-state index contributed by atoms with van der Waals surface area (Å²) in [5.74, 6) is -0.717. The number of sulfonamides is 1. The van der Waals surface area contributed by atoms with Crippen LogP contribution in [0.25, 0.3) is 0 Å². The lowest BCUT2D eigenvalue weighted by Crippen LogP contribution is -2.52. The predicted octanol–water partition coefficient (Wildman–Crippen LogP) is 5.59. The van der Waals surface area contributed by atoms with Crippen LogP contribution in [-0.2, 0) is 26.2 Å². The lowest BCUT2D eigenvalue weighted by molar-refractivity contribution is -0.140. The molecule has 1 N–H and O–H groups in total. The summed E-state index contributed by atoms with van der Waals surface area (Å²) in [5.41, 5.74) is 3.17. The van der Waals surface area contributed by atoms with E-state index in [4.69, 9.17) is 0 Å². The largest absolute Gasteiger partial charge is 0.354 e. The van der Waals surface area contributed by atoms with Gasteiger partial charge in [-0.05, 0) is 68.7 Å².